The second-order valence-electron chi connectivity index (χ2n) is 14.1. The molecule has 3 heteroatoms. The maximum Gasteiger partial charge on any atom is 0.159 e. The van der Waals surface area contributed by atoms with Crippen molar-refractivity contribution >= 4 is 71.7 Å². The van der Waals surface area contributed by atoms with Crippen LogP contribution < -0.4 is 4.90 Å². The van der Waals surface area contributed by atoms with Gasteiger partial charge in [0.2, 0.25) is 0 Å². The second kappa shape index (κ2) is 12.6. The molecule has 2 aromatic heterocycles. The fourth-order valence-corrected chi connectivity index (χ4v) is 8.14. The number of fused-ring (bicyclic) bond motifs is 7. The van der Waals surface area contributed by atoms with Gasteiger partial charge in [-0.25, -0.2) is 0 Å². The highest BCUT2D eigenvalue weighted by Crippen LogP contribution is 2.45. The minimum absolute atomic E-state index is 0.847. The first-order chi connectivity index (χ1) is 27.2. The number of rotatable bonds is 6. The molecular formula is C52H33NO2. The zero-order chi connectivity index (χ0) is 36.3. The highest BCUT2D eigenvalue weighted by molar-refractivity contribution is 6.14. The number of para-hydroxylation sites is 3. The smallest absolute Gasteiger partial charge is 0.159 e. The second-order valence-corrected chi connectivity index (χ2v) is 14.1. The van der Waals surface area contributed by atoms with E-state index in [-0.39, 0.29) is 0 Å². The molecule has 0 unspecified atom stereocenters. The van der Waals surface area contributed by atoms with Crippen LogP contribution in [-0.4, -0.2) is 0 Å². The highest BCUT2D eigenvalue weighted by atomic mass is 16.3. The number of hydrogen-bond acceptors (Lipinski definition) is 3. The molecule has 0 radical (unpaired) electrons. The number of nitrogens with zero attached hydrogens (tertiary/aromatic N) is 1. The van der Waals surface area contributed by atoms with E-state index in [1.807, 2.05) is 18.2 Å². The van der Waals surface area contributed by atoms with Crippen LogP contribution in [0, 0.1) is 0 Å². The van der Waals surface area contributed by atoms with Crippen LogP contribution in [-0.2, 0) is 0 Å². The van der Waals surface area contributed by atoms with E-state index < -0.39 is 0 Å². The monoisotopic (exact) mass is 703 g/mol. The maximum atomic E-state index is 6.95. The van der Waals surface area contributed by atoms with Gasteiger partial charge >= 0.3 is 0 Å². The van der Waals surface area contributed by atoms with Gasteiger partial charge in [0.05, 0.1) is 5.69 Å². The largest absolute Gasteiger partial charge is 0.456 e. The Balaban J connectivity index is 1.07. The SMILES string of the molecule is c1ccc(-c2ccc3cc(N(c4ccc(-c5ccc6c(c5)oc5ccccc56)cc4)c4cccc5c4oc4c(-c6ccccc6)cccc45)ccc3c2)cc1. The number of furan rings is 2. The van der Waals surface area contributed by atoms with Crippen molar-refractivity contribution in [3.05, 3.63) is 200 Å². The molecule has 0 saturated heterocycles. The van der Waals surface area contributed by atoms with Crippen LogP contribution in [0.25, 0.3) is 88.0 Å². The topological polar surface area (TPSA) is 29.5 Å². The van der Waals surface area contributed by atoms with Gasteiger partial charge in [0.25, 0.3) is 0 Å². The average molecular weight is 704 g/mol. The third kappa shape index (κ3) is 5.28. The lowest BCUT2D eigenvalue weighted by atomic mass is 10.00. The van der Waals surface area contributed by atoms with Crippen molar-refractivity contribution in [3.8, 4) is 33.4 Å². The van der Waals surface area contributed by atoms with Crippen molar-refractivity contribution < 1.29 is 8.83 Å². The fourth-order valence-electron chi connectivity index (χ4n) is 8.14. The fraction of sp³-hybridized carbons (Fsp3) is 0. The molecule has 9 aromatic carbocycles. The van der Waals surface area contributed by atoms with Crippen LogP contribution in [0.15, 0.2) is 209 Å². The van der Waals surface area contributed by atoms with Crippen molar-refractivity contribution in [3.63, 3.8) is 0 Å². The van der Waals surface area contributed by atoms with Crippen molar-refractivity contribution in [2.75, 3.05) is 4.90 Å². The van der Waals surface area contributed by atoms with Crippen LogP contribution in [0.5, 0.6) is 0 Å². The van der Waals surface area contributed by atoms with Crippen LogP contribution in [0.3, 0.4) is 0 Å². The summed E-state index contributed by atoms with van der Waals surface area (Å²) in [5.41, 5.74) is 13.4. The van der Waals surface area contributed by atoms with Crippen molar-refractivity contribution in [2.45, 2.75) is 0 Å². The van der Waals surface area contributed by atoms with E-state index in [1.54, 1.807) is 0 Å². The first kappa shape index (κ1) is 31.2. The van der Waals surface area contributed by atoms with Crippen molar-refractivity contribution in [1.82, 2.24) is 0 Å². The summed E-state index contributed by atoms with van der Waals surface area (Å²) in [5, 5.41) is 6.80. The summed E-state index contributed by atoms with van der Waals surface area (Å²) < 4.78 is 13.2. The predicted octanol–water partition coefficient (Wildman–Crippen LogP) is 15.1. The van der Waals surface area contributed by atoms with Gasteiger partial charge in [-0.1, -0.05) is 146 Å². The van der Waals surface area contributed by atoms with Crippen LogP contribution >= 0.6 is 0 Å². The molecule has 0 fully saturated rings. The number of benzene rings is 9. The summed E-state index contributed by atoms with van der Waals surface area (Å²) in [7, 11) is 0. The Morgan fingerprint density at radius 3 is 1.73 bits per heavy atom. The number of anilines is 3. The number of hydrogen-bond donors (Lipinski definition) is 0. The summed E-state index contributed by atoms with van der Waals surface area (Å²) in [6.45, 7) is 0. The quantitative estimate of drug-likeness (QED) is 0.173. The van der Waals surface area contributed by atoms with Crippen LogP contribution in [0.1, 0.15) is 0 Å². The molecule has 55 heavy (non-hydrogen) atoms. The van der Waals surface area contributed by atoms with Crippen LogP contribution in [0.2, 0.25) is 0 Å². The highest BCUT2D eigenvalue weighted by Gasteiger charge is 2.21. The minimum atomic E-state index is 0.847. The molecular weight excluding hydrogens is 671 g/mol. The van der Waals surface area contributed by atoms with Crippen molar-refractivity contribution in [2.24, 2.45) is 0 Å². The molecule has 0 aliphatic heterocycles. The zero-order valence-corrected chi connectivity index (χ0v) is 29.8. The Morgan fingerprint density at radius 2 is 0.891 bits per heavy atom. The van der Waals surface area contributed by atoms with Gasteiger partial charge in [-0.3, -0.25) is 0 Å². The standard InChI is InChI=1S/C52H33NO2/c1-3-11-34(12-4-1)37-21-22-39-32-42(29-25-38(39)31-37)53(41-27-23-35(24-28-41)40-26-30-45-44-15-7-8-20-49(44)54-50(45)33-40)48-19-10-18-47-46-17-9-16-43(51(46)55-52(47)48)36-13-5-2-6-14-36/h1-33H. The van der Waals surface area contributed by atoms with Gasteiger partial charge in [0.1, 0.15) is 16.7 Å². The molecule has 0 saturated carbocycles. The Kier molecular flexibility index (Phi) is 7.17. The van der Waals surface area contributed by atoms with Gasteiger partial charge in [-0.2, -0.15) is 0 Å². The molecule has 0 atom stereocenters. The molecule has 11 aromatic rings. The zero-order valence-electron chi connectivity index (χ0n) is 29.8. The predicted molar refractivity (Wildman–Crippen MR) is 229 cm³/mol. The molecule has 0 bridgehead atoms. The molecule has 2 heterocycles. The Labute approximate surface area is 317 Å². The molecule has 0 spiro atoms. The summed E-state index contributed by atoms with van der Waals surface area (Å²) >= 11 is 0. The third-order valence-electron chi connectivity index (χ3n) is 10.9. The molecule has 0 N–H and O–H groups in total. The lowest BCUT2D eigenvalue weighted by Gasteiger charge is -2.26. The van der Waals surface area contributed by atoms with E-state index in [0.29, 0.717) is 0 Å². The molecule has 258 valence electrons. The van der Waals surface area contributed by atoms with Crippen LogP contribution in [0.4, 0.5) is 17.1 Å². The summed E-state index contributed by atoms with van der Waals surface area (Å²) in [5.74, 6) is 0. The molecule has 11 rings (SSSR count). The maximum absolute atomic E-state index is 6.95. The molecule has 0 amide bonds. The van der Waals surface area contributed by atoms with Gasteiger partial charge in [-0.15, -0.1) is 0 Å². The molecule has 0 aliphatic carbocycles. The van der Waals surface area contributed by atoms with Crippen molar-refractivity contribution in [1.29, 1.82) is 0 Å². The third-order valence-corrected chi connectivity index (χ3v) is 10.9. The molecule has 3 nitrogen and oxygen atoms in total. The Hall–Kier alpha value is -7.36. The van der Waals surface area contributed by atoms with Gasteiger partial charge in [-0.05, 0) is 93.2 Å². The summed E-state index contributed by atoms with van der Waals surface area (Å²) in [6, 6.07) is 70.9. The Bertz CT molecular complexity index is 3190. The van der Waals surface area contributed by atoms with E-state index in [0.717, 1.165) is 83.2 Å². The summed E-state index contributed by atoms with van der Waals surface area (Å²) in [6.07, 6.45) is 0. The lowest BCUT2D eigenvalue weighted by Crippen LogP contribution is -2.10. The lowest BCUT2D eigenvalue weighted by molar-refractivity contribution is 0.669. The van der Waals surface area contributed by atoms with Gasteiger partial charge in [0.15, 0.2) is 5.58 Å². The molecule has 0 aliphatic rings. The minimum Gasteiger partial charge on any atom is -0.456 e. The first-order valence-corrected chi connectivity index (χ1v) is 18.7. The van der Waals surface area contributed by atoms with E-state index in [1.165, 1.54) is 21.9 Å². The van der Waals surface area contributed by atoms with E-state index in [9.17, 15) is 0 Å². The van der Waals surface area contributed by atoms with E-state index >= 15 is 0 Å². The van der Waals surface area contributed by atoms with Gasteiger partial charge in [0, 0.05) is 38.5 Å². The normalized spacial score (nSPS) is 11.6. The summed E-state index contributed by atoms with van der Waals surface area (Å²) in [4.78, 5) is 2.32. The average Bonchev–Trinajstić information content (AvgIpc) is 3.83. The Morgan fingerprint density at radius 1 is 0.309 bits per heavy atom. The van der Waals surface area contributed by atoms with E-state index in [4.69, 9.17) is 8.83 Å². The first-order valence-electron chi connectivity index (χ1n) is 18.7. The van der Waals surface area contributed by atoms with Gasteiger partial charge < -0.3 is 13.7 Å². The van der Waals surface area contributed by atoms with E-state index in [2.05, 4.69) is 187 Å².